The molecule has 0 radical (unpaired) electrons. The molecular formula is C11H10BrN3O. The van der Waals surface area contributed by atoms with Crippen molar-refractivity contribution in [1.29, 1.82) is 0 Å². The van der Waals surface area contributed by atoms with E-state index < -0.39 is 0 Å². The van der Waals surface area contributed by atoms with E-state index in [1.807, 2.05) is 24.3 Å². The van der Waals surface area contributed by atoms with Gasteiger partial charge in [-0.15, -0.1) is 0 Å². The Morgan fingerprint density at radius 2 is 2.31 bits per heavy atom. The van der Waals surface area contributed by atoms with Crippen LogP contribution in [0.2, 0.25) is 0 Å². The lowest BCUT2D eigenvalue weighted by Gasteiger charge is -2.05. The summed E-state index contributed by atoms with van der Waals surface area (Å²) in [6, 6.07) is 7.42. The number of amides is 1. The third-order valence-electron chi connectivity index (χ3n) is 2.11. The summed E-state index contributed by atoms with van der Waals surface area (Å²) in [4.78, 5) is 15.8. The molecular weight excluding hydrogens is 270 g/mol. The van der Waals surface area contributed by atoms with E-state index in [-0.39, 0.29) is 5.91 Å². The van der Waals surface area contributed by atoms with E-state index in [1.165, 1.54) is 0 Å². The molecule has 0 atom stereocenters. The van der Waals surface area contributed by atoms with Crippen molar-refractivity contribution in [2.45, 2.75) is 0 Å². The van der Waals surface area contributed by atoms with E-state index in [2.05, 4.69) is 26.2 Å². The minimum atomic E-state index is -0.217. The lowest BCUT2D eigenvalue weighted by atomic mass is 10.3. The minimum absolute atomic E-state index is 0.217. The Morgan fingerprint density at radius 3 is 2.94 bits per heavy atom. The first-order valence-corrected chi connectivity index (χ1v) is 5.50. The number of halogens is 1. The van der Waals surface area contributed by atoms with Gasteiger partial charge in [0.2, 0.25) is 0 Å². The second-order valence-electron chi connectivity index (χ2n) is 3.33. The van der Waals surface area contributed by atoms with Crippen molar-refractivity contribution in [3.8, 4) is 0 Å². The molecule has 4 nitrogen and oxygen atoms in total. The van der Waals surface area contributed by atoms with Gasteiger partial charge in [-0.3, -0.25) is 4.79 Å². The summed E-state index contributed by atoms with van der Waals surface area (Å²) >= 11 is 3.34. The zero-order chi connectivity index (χ0) is 11.5. The van der Waals surface area contributed by atoms with Gasteiger partial charge in [-0.25, -0.2) is 4.98 Å². The molecule has 5 heteroatoms. The highest BCUT2D eigenvalue weighted by Crippen LogP contribution is 2.16. The van der Waals surface area contributed by atoms with Crippen LogP contribution >= 0.6 is 15.9 Å². The maximum absolute atomic E-state index is 11.8. The van der Waals surface area contributed by atoms with Crippen molar-refractivity contribution in [1.82, 2.24) is 9.55 Å². The highest BCUT2D eigenvalue weighted by atomic mass is 79.9. The van der Waals surface area contributed by atoms with Gasteiger partial charge in [0.25, 0.3) is 5.91 Å². The van der Waals surface area contributed by atoms with Crippen LogP contribution in [0, 0.1) is 0 Å². The van der Waals surface area contributed by atoms with E-state index >= 15 is 0 Å². The predicted molar refractivity (Wildman–Crippen MR) is 65.3 cm³/mol. The maximum Gasteiger partial charge on any atom is 0.291 e. The Morgan fingerprint density at radius 1 is 1.50 bits per heavy atom. The van der Waals surface area contributed by atoms with Crippen molar-refractivity contribution in [3.63, 3.8) is 0 Å². The summed E-state index contributed by atoms with van der Waals surface area (Å²) < 4.78 is 2.60. The molecule has 0 aliphatic rings. The first-order chi connectivity index (χ1) is 7.66. The average Bonchev–Trinajstić information content (AvgIpc) is 2.64. The average molecular weight is 280 g/mol. The number of benzene rings is 1. The summed E-state index contributed by atoms with van der Waals surface area (Å²) in [6.07, 6.45) is 3.33. The summed E-state index contributed by atoms with van der Waals surface area (Å²) in [6.45, 7) is 0. The Hall–Kier alpha value is -1.62. The lowest BCUT2D eigenvalue weighted by Crippen LogP contribution is -2.16. The molecule has 0 aliphatic carbocycles. The fourth-order valence-electron chi connectivity index (χ4n) is 1.34. The Bertz CT molecular complexity index is 521. The standard InChI is InChI=1S/C11H10BrN3O/c1-15-6-5-13-10(15)11(16)14-9-4-2-3-8(12)7-9/h2-7H,1H3,(H,14,16). The summed E-state index contributed by atoms with van der Waals surface area (Å²) in [7, 11) is 1.78. The van der Waals surface area contributed by atoms with Gasteiger partial charge in [-0.1, -0.05) is 22.0 Å². The summed E-state index contributed by atoms with van der Waals surface area (Å²) in [5.41, 5.74) is 0.738. The molecule has 16 heavy (non-hydrogen) atoms. The topological polar surface area (TPSA) is 46.9 Å². The number of carbonyl (C=O) groups excluding carboxylic acids is 1. The van der Waals surface area contributed by atoms with Crippen LogP contribution in [-0.4, -0.2) is 15.5 Å². The van der Waals surface area contributed by atoms with Crippen LogP contribution < -0.4 is 5.32 Å². The molecule has 0 saturated heterocycles. The largest absolute Gasteiger partial charge is 0.330 e. The normalized spacial score (nSPS) is 10.1. The van der Waals surface area contributed by atoms with Gasteiger partial charge in [0.15, 0.2) is 5.82 Å². The number of anilines is 1. The number of hydrogen-bond acceptors (Lipinski definition) is 2. The molecule has 0 aliphatic heterocycles. The third-order valence-corrected chi connectivity index (χ3v) is 2.60. The molecule has 2 aromatic rings. The molecule has 2 rings (SSSR count). The van der Waals surface area contributed by atoms with Crippen molar-refractivity contribution < 1.29 is 4.79 Å². The van der Waals surface area contributed by atoms with Gasteiger partial charge in [0.1, 0.15) is 0 Å². The van der Waals surface area contributed by atoms with Crippen LogP contribution in [0.1, 0.15) is 10.6 Å². The van der Waals surface area contributed by atoms with Crippen molar-refractivity contribution in [2.24, 2.45) is 7.05 Å². The maximum atomic E-state index is 11.8. The van der Waals surface area contributed by atoms with Crippen LogP contribution in [0.5, 0.6) is 0 Å². The number of rotatable bonds is 2. The Balaban J connectivity index is 2.17. The van der Waals surface area contributed by atoms with Crippen molar-refractivity contribution in [2.75, 3.05) is 5.32 Å². The fraction of sp³-hybridized carbons (Fsp3) is 0.0909. The third kappa shape index (κ3) is 2.30. The molecule has 1 aromatic carbocycles. The van der Waals surface area contributed by atoms with Crippen LogP contribution in [0.4, 0.5) is 5.69 Å². The second-order valence-corrected chi connectivity index (χ2v) is 4.24. The molecule has 0 spiro atoms. The molecule has 0 bridgehead atoms. The number of nitrogens with zero attached hydrogens (tertiary/aromatic N) is 2. The second kappa shape index (κ2) is 4.49. The predicted octanol–water partition coefficient (Wildman–Crippen LogP) is 2.43. The van der Waals surface area contributed by atoms with E-state index in [0.717, 1.165) is 10.2 Å². The number of hydrogen-bond donors (Lipinski definition) is 1. The molecule has 82 valence electrons. The van der Waals surface area contributed by atoms with Gasteiger partial charge in [-0.05, 0) is 18.2 Å². The highest BCUT2D eigenvalue weighted by Gasteiger charge is 2.10. The van der Waals surface area contributed by atoms with Crippen molar-refractivity contribution >= 4 is 27.5 Å². The summed E-state index contributed by atoms with van der Waals surface area (Å²) in [5, 5.41) is 2.77. The van der Waals surface area contributed by atoms with Crippen LogP contribution in [0.25, 0.3) is 0 Å². The molecule has 1 aromatic heterocycles. The first-order valence-electron chi connectivity index (χ1n) is 4.71. The van der Waals surface area contributed by atoms with E-state index in [0.29, 0.717) is 5.82 Å². The number of imidazole rings is 1. The number of aryl methyl sites for hydroxylation is 1. The number of nitrogens with one attached hydrogen (secondary N) is 1. The van der Waals surface area contributed by atoms with Gasteiger partial charge in [0.05, 0.1) is 0 Å². The summed E-state index contributed by atoms with van der Waals surface area (Å²) in [5.74, 6) is 0.172. The van der Waals surface area contributed by atoms with E-state index in [9.17, 15) is 4.79 Å². The highest BCUT2D eigenvalue weighted by molar-refractivity contribution is 9.10. The number of carbonyl (C=O) groups is 1. The first kappa shape index (κ1) is 10.9. The van der Waals surface area contributed by atoms with Crippen LogP contribution in [0.15, 0.2) is 41.1 Å². The zero-order valence-electron chi connectivity index (χ0n) is 8.64. The zero-order valence-corrected chi connectivity index (χ0v) is 10.2. The molecule has 1 N–H and O–H groups in total. The van der Waals surface area contributed by atoms with Gasteiger partial charge < -0.3 is 9.88 Å². The van der Waals surface area contributed by atoms with Crippen molar-refractivity contribution in [3.05, 3.63) is 47.0 Å². The molecule has 0 saturated carbocycles. The SMILES string of the molecule is Cn1ccnc1C(=O)Nc1cccc(Br)c1. The smallest absolute Gasteiger partial charge is 0.291 e. The molecule has 1 heterocycles. The van der Waals surface area contributed by atoms with Crippen LogP contribution in [-0.2, 0) is 7.05 Å². The van der Waals surface area contributed by atoms with Gasteiger partial charge >= 0.3 is 0 Å². The van der Waals surface area contributed by atoms with E-state index in [4.69, 9.17) is 0 Å². The Labute approximate surface area is 101 Å². The molecule has 1 amide bonds. The minimum Gasteiger partial charge on any atom is -0.330 e. The Kier molecular flexibility index (Phi) is 3.05. The number of aromatic nitrogens is 2. The van der Waals surface area contributed by atoms with Gasteiger partial charge in [-0.2, -0.15) is 0 Å². The van der Waals surface area contributed by atoms with Gasteiger partial charge in [0, 0.05) is 29.6 Å². The molecule has 0 unspecified atom stereocenters. The van der Waals surface area contributed by atoms with Crippen LogP contribution in [0.3, 0.4) is 0 Å². The lowest BCUT2D eigenvalue weighted by molar-refractivity contribution is 0.101. The van der Waals surface area contributed by atoms with E-state index in [1.54, 1.807) is 24.0 Å². The fourth-order valence-corrected chi connectivity index (χ4v) is 1.74. The quantitative estimate of drug-likeness (QED) is 0.918. The molecule has 0 fully saturated rings. The monoisotopic (exact) mass is 279 g/mol.